The van der Waals surface area contributed by atoms with Crippen molar-refractivity contribution in [1.82, 2.24) is 0 Å². The van der Waals surface area contributed by atoms with Crippen LogP contribution in [-0.2, 0) is 19.4 Å². The molecule has 9 heteroatoms. The Morgan fingerprint density at radius 3 is 2.68 bits per heavy atom. The second kappa shape index (κ2) is 6.44. The third kappa shape index (κ3) is 2.93. The summed E-state index contributed by atoms with van der Waals surface area (Å²) in [7, 11) is -2.27. The Bertz CT molecular complexity index is 758. The number of fused-ring (bicyclic) bond motifs is 1. The van der Waals surface area contributed by atoms with Crippen LogP contribution in [0.1, 0.15) is 29.3 Å². The normalized spacial score (nSPS) is 17.9. The van der Waals surface area contributed by atoms with Crippen LogP contribution in [-0.4, -0.2) is 39.6 Å². The Morgan fingerprint density at radius 2 is 2.09 bits per heavy atom. The summed E-state index contributed by atoms with van der Waals surface area (Å²) in [4.78, 5) is 16.5. The number of carbonyl (C=O) groups is 1. The summed E-state index contributed by atoms with van der Waals surface area (Å²) in [5.41, 5.74) is 0.420. The van der Waals surface area contributed by atoms with E-state index in [0.29, 0.717) is 5.71 Å². The number of esters is 1. The molecule has 1 heterocycles. The smallest absolute Gasteiger partial charge is 0.339 e. The van der Waals surface area contributed by atoms with Crippen molar-refractivity contribution in [2.45, 2.75) is 18.2 Å². The van der Waals surface area contributed by atoms with Crippen molar-refractivity contribution in [2.24, 2.45) is 5.16 Å². The van der Waals surface area contributed by atoms with Crippen LogP contribution in [0, 0.1) is 0 Å². The van der Waals surface area contributed by atoms with Crippen LogP contribution in [0.3, 0.4) is 0 Å². The molecule has 0 aliphatic carbocycles. The largest absolute Gasteiger partial charge is 0.462 e. The maximum atomic E-state index is 12.2. The van der Waals surface area contributed by atoms with E-state index in [1.807, 2.05) is 0 Å². The summed E-state index contributed by atoms with van der Waals surface area (Å²) in [5, 5.41) is 3.65. The van der Waals surface area contributed by atoms with E-state index in [4.69, 9.17) is 32.8 Å². The number of nitrogens with zero attached hydrogens (tertiary/aromatic N) is 1. The average molecular weight is 366 g/mol. The van der Waals surface area contributed by atoms with Gasteiger partial charge in [-0.3, -0.25) is 0 Å². The van der Waals surface area contributed by atoms with Gasteiger partial charge in [-0.25, -0.2) is 13.2 Å². The second-order valence-electron chi connectivity index (χ2n) is 4.43. The lowest BCUT2D eigenvalue weighted by Crippen LogP contribution is -2.24. The molecule has 1 aliphatic rings. The highest BCUT2D eigenvalue weighted by Gasteiger charge is 2.35. The van der Waals surface area contributed by atoms with Gasteiger partial charge in [-0.05, 0) is 13.0 Å². The highest BCUT2D eigenvalue weighted by molar-refractivity contribution is 7.91. The van der Waals surface area contributed by atoms with Crippen LogP contribution in [0.25, 0.3) is 0 Å². The number of oxime groups is 1. The van der Waals surface area contributed by atoms with Crippen molar-refractivity contribution < 1.29 is 22.8 Å². The minimum atomic E-state index is -3.61. The minimum Gasteiger partial charge on any atom is -0.462 e. The van der Waals surface area contributed by atoms with Crippen molar-refractivity contribution in [3.63, 3.8) is 0 Å². The first kappa shape index (κ1) is 17.1. The molecule has 6 nitrogen and oxygen atoms in total. The molecule has 0 spiro atoms. The molecule has 0 radical (unpaired) electrons. The van der Waals surface area contributed by atoms with Crippen molar-refractivity contribution in [3.05, 3.63) is 27.2 Å². The predicted molar refractivity (Wildman–Crippen MR) is 82.6 cm³/mol. The Labute approximate surface area is 137 Å². The summed E-state index contributed by atoms with van der Waals surface area (Å²) in [6.07, 6.45) is 0.117. The van der Waals surface area contributed by atoms with Crippen LogP contribution in [0.2, 0.25) is 10.0 Å². The molecule has 0 saturated carbocycles. The van der Waals surface area contributed by atoms with Gasteiger partial charge in [0.1, 0.15) is 7.11 Å². The lowest BCUT2D eigenvalue weighted by molar-refractivity contribution is 0.0526. The predicted octanol–water partition coefficient (Wildman–Crippen LogP) is 2.70. The molecule has 0 saturated heterocycles. The standard InChI is InChI=1S/C13H13Cl2NO5S/c1-3-21-13(17)7-6-8(14)12-10(11(7)15)9(16-20-2)4-5-22(12,18)19/h6H,3-5H2,1-2H3/b16-9+. The SMILES string of the molecule is CCOC(=O)c1cc(Cl)c2c(c1Cl)/C(=N/OC)CCS2(=O)=O. The molecule has 1 aliphatic heterocycles. The van der Waals surface area contributed by atoms with E-state index in [9.17, 15) is 13.2 Å². The summed E-state index contributed by atoms with van der Waals surface area (Å²) in [6.45, 7) is 1.80. The zero-order chi connectivity index (χ0) is 16.5. The maximum Gasteiger partial charge on any atom is 0.339 e. The minimum absolute atomic E-state index is 0.00632. The van der Waals surface area contributed by atoms with E-state index in [1.54, 1.807) is 6.92 Å². The van der Waals surface area contributed by atoms with E-state index in [2.05, 4.69) is 5.16 Å². The Morgan fingerprint density at radius 1 is 1.41 bits per heavy atom. The molecular weight excluding hydrogens is 353 g/mol. The van der Waals surface area contributed by atoms with E-state index in [-0.39, 0.29) is 44.8 Å². The highest BCUT2D eigenvalue weighted by atomic mass is 35.5. The second-order valence-corrected chi connectivity index (χ2v) is 7.27. The van der Waals surface area contributed by atoms with Crippen LogP contribution < -0.4 is 0 Å². The number of hydrogen-bond acceptors (Lipinski definition) is 6. The van der Waals surface area contributed by atoms with Crippen LogP contribution in [0.4, 0.5) is 0 Å². The number of benzene rings is 1. The third-order valence-corrected chi connectivity index (χ3v) is 5.67. The van der Waals surface area contributed by atoms with E-state index < -0.39 is 15.8 Å². The molecular formula is C13H13Cl2NO5S. The van der Waals surface area contributed by atoms with Gasteiger partial charge in [0.05, 0.1) is 38.6 Å². The van der Waals surface area contributed by atoms with Gasteiger partial charge in [0, 0.05) is 12.0 Å². The van der Waals surface area contributed by atoms with Crippen molar-refractivity contribution in [3.8, 4) is 0 Å². The number of carbonyl (C=O) groups excluding carboxylic acids is 1. The van der Waals surface area contributed by atoms with Gasteiger partial charge in [0.2, 0.25) is 0 Å². The van der Waals surface area contributed by atoms with Gasteiger partial charge < -0.3 is 9.57 Å². The number of rotatable bonds is 3. The Kier molecular flexibility index (Phi) is 4.99. The zero-order valence-electron chi connectivity index (χ0n) is 11.9. The number of sulfone groups is 1. The summed E-state index contributed by atoms with van der Waals surface area (Å²) >= 11 is 12.3. The molecule has 0 aromatic heterocycles. The molecule has 1 aromatic carbocycles. The zero-order valence-corrected chi connectivity index (χ0v) is 14.2. The van der Waals surface area contributed by atoms with Crippen LogP contribution >= 0.6 is 23.2 Å². The molecule has 1 aromatic rings. The summed E-state index contributed by atoms with van der Waals surface area (Å²) in [6, 6.07) is 1.20. The van der Waals surface area contributed by atoms with Gasteiger partial charge in [0.25, 0.3) is 0 Å². The first-order valence-corrected chi connectivity index (χ1v) is 8.76. The van der Waals surface area contributed by atoms with E-state index in [0.717, 1.165) is 0 Å². The Hall–Kier alpha value is -1.31. The number of ether oxygens (including phenoxy) is 1. The molecule has 0 fully saturated rings. The number of halogens is 2. The fourth-order valence-corrected chi connectivity index (χ4v) is 4.69. The van der Waals surface area contributed by atoms with Crippen LogP contribution in [0.5, 0.6) is 0 Å². The molecule has 120 valence electrons. The van der Waals surface area contributed by atoms with Gasteiger partial charge in [-0.15, -0.1) is 0 Å². The number of hydrogen-bond donors (Lipinski definition) is 0. The van der Waals surface area contributed by atoms with Gasteiger partial charge >= 0.3 is 5.97 Å². The fourth-order valence-electron chi connectivity index (χ4n) is 2.19. The average Bonchev–Trinajstić information content (AvgIpc) is 2.44. The summed E-state index contributed by atoms with van der Waals surface area (Å²) in [5.74, 6) is -0.839. The third-order valence-electron chi connectivity index (χ3n) is 3.08. The molecule has 2 rings (SSSR count). The topological polar surface area (TPSA) is 82.0 Å². The first-order valence-electron chi connectivity index (χ1n) is 6.35. The van der Waals surface area contributed by atoms with Crippen molar-refractivity contribution >= 4 is 44.7 Å². The van der Waals surface area contributed by atoms with Gasteiger partial charge in [-0.2, -0.15) is 0 Å². The molecule has 0 atom stereocenters. The lowest BCUT2D eigenvalue weighted by Gasteiger charge is -2.21. The van der Waals surface area contributed by atoms with Gasteiger partial charge in [0.15, 0.2) is 9.84 Å². The molecule has 0 bridgehead atoms. The van der Waals surface area contributed by atoms with Crippen molar-refractivity contribution in [2.75, 3.05) is 19.5 Å². The van der Waals surface area contributed by atoms with E-state index in [1.165, 1.54) is 13.2 Å². The van der Waals surface area contributed by atoms with E-state index >= 15 is 0 Å². The molecule has 0 unspecified atom stereocenters. The quantitative estimate of drug-likeness (QED) is 0.607. The molecule has 22 heavy (non-hydrogen) atoms. The van der Waals surface area contributed by atoms with Crippen molar-refractivity contribution in [1.29, 1.82) is 0 Å². The van der Waals surface area contributed by atoms with Gasteiger partial charge in [-0.1, -0.05) is 28.4 Å². The maximum absolute atomic E-state index is 12.2. The Balaban J connectivity index is 2.79. The van der Waals surface area contributed by atoms with Crippen LogP contribution in [0.15, 0.2) is 16.1 Å². The lowest BCUT2D eigenvalue weighted by atomic mass is 10.0. The monoisotopic (exact) mass is 365 g/mol. The highest BCUT2D eigenvalue weighted by Crippen LogP contribution is 2.39. The fraction of sp³-hybridized carbons (Fsp3) is 0.385. The molecule has 0 amide bonds. The molecule has 0 N–H and O–H groups in total. The summed E-state index contributed by atoms with van der Waals surface area (Å²) < 4.78 is 29.4. The first-order chi connectivity index (χ1) is 10.3.